The van der Waals surface area contributed by atoms with Crippen LogP contribution >= 0.6 is 11.3 Å². The summed E-state index contributed by atoms with van der Waals surface area (Å²) in [5, 5.41) is 7.66. The molecule has 5 nitrogen and oxygen atoms in total. The topological polar surface area (TPSA) is 61.4 Å². The Labute approximate surface area is 145 Å². The van der Waals surface area contributed by atoms with Gasteiger partial charge in [-0.3, -0.25) is 14.5 Å². The van der Waals surface area contributed by atoms with E-state index in [-0.39, 0.29) is 11.8 Å². The molecule has 24 heavy (non-hydrogen) atoms. The van der Waals surface area contributed by atoms with Gasteiger partial charge in [0.15, 0.2) is 0 Å². The van der Waals surface area contributed by atoms with Crippen LogP contribution in [0.5, 0.6) is 0 Å². The van der Waals surface area contributed by atoms with Gasteiger partial charge in [-0.2, -0.15) is 0 Å². The number of hydrogen-bond acceptors (Lipinski definition) is 4. The summed E-state index contributed by atoms with van der Waals surface area (Å²) in [6.45, 7) is 2.69. The van der Waals surface area contributed by atoms with Gasteiger partial charge < -0.3 is 10.6 Å². The Morgan fingerprint density at radius 3 is 2.75 bits per heavy atom. The molecular formula is C18H21N3O2S. The molecule has 0 saturated carbocycles. The van der Waals surface area contributed by atoms with Gasteiger partial charge in [0.05, 0.1) is 6.54 Å². The molecule has 0 bridgehead atoms. The van der Waals surface area contributed by atoms with Crippen LogP contribution in [0.2, 0.25) is 0 Å². The van der Waals surface area contributed by atoms with Crippen molar-refractivity contribution in [1.29, 1.82) is 0 Å². The highest BCUT2D eigenvalue weighted by atomic mass is 32.1. The van der Waals surface area contributed by atoms with Crippen LogP contribution in [-0.2, 0) is 24.3 Å². The number of amides is 2. The SMILES string of the molecule is CNC(=O)c1ccc(CNC(=O)CN2CCc3sccc3C2)cc1. The molecule has 2 amide bonds. The summed E-state index contributed by atoms with van der Waals surface area (Å²) in [6.07, 6.45) is 1.03. The molecule has 0 saturated heterocycles. The van der Waals surface area contributed by atoms with Crippen molar-refractivity contribution in [3.8, 4) is 0 Å². The van der Waals surface area contributed by atoms with Crippen molar-refractivity contribution in [2.45, 2.75) is 19.5 Å². The third-order valence-electron chi connectivity index (χ3n) is 4.19. The van der Waals surface area contributed by atoms with E-state index in [4.69, 9.17) is 0 Å². The number of hydrogen-bond donors (Lipinski definition) is 2. The standard InChI is InChI=1S/C18H21N3O2S/c1-19-18(23)14-4-2-13(3-5-14)10-20-17(22)12-21-8-6-16-15(11-21)7-9-24-16/h2-5,7,9H,6,8,10-12H2,1H3,(H,19,23)(H,20,22). The summed E-state index contributed by atoms with van der Waals surface area (Å²) < 4.78 is 0. The molecule has 1 aromatic carbocycles. The normalized spacial score (nSPS) is 14.0. The van der Waals surface area contributed by atoms with E-state index in [9.17, 15) is 9.59 Å². The van der Waals surface area contributed by atoms with Crippen LogP contribution in [0.4, 0.5) is 0 Å². The summed E-state index contributed by atoms with van der Waals surface area (Å²) in [6, 6.07) is 9.41. The van der Waals surface area contributed by atoms with Gasteiger partial charge in [-0.15, -0.1) is 11.3 Å². The van der Waals surface area contributed by atoms with Crippen molar-refractivity contribution >= 4 is 23.2 Å². The van der Waals surface area contributed by atoms with Crippen LogP contribution in [-0.4, -0.2) is 36.9 Å². The molecule has 1 aliphatic heterocycles. The van der Waals surface area contributed by atoms with Crippen molar-refractivity contribution in [3.05, 3.63) is 57.3 Å². The highest BCUT2D eigenvalue weighted by molar-refractivity contribution is 7.10. The van der Waals surface area contributed by atoms with Crippen molar-refractivity contribution in [1.82, 2.24) is 15.5 Å². The number of fused-ring (bicyclic) bond motifs is 1. The average molecular weight is 343 g/mol. The molecule has 6 heteroatoms. The predicted molar refractivity (Wildman–Crippen MR) is 95.0 cm³/mol. The maximum atomic E-state index is 12.1. The third kappa shape index (κ3) is 4.01. The molecule has 0 spiro atoms. The number of carbonyl (C=O) groups excluding carboxylic acids is 2. The van der Waals surface area contributed by atoms with Crippen LogP contribution in [0.3, 0.4) is 0 Å². The van der Waals surface area contributed by atoms with Crippen LogP contribution in [0.25, 0.3) is 0 Å². The fraction of sp³-hybridized carbons (Fsp3) is 0.333. The number of nitrogens with one attached hydrogen (secondary N) is 2. The minimum absolute atomic E-state index is 0.0315. The van der Waals surface area contributed by atoms with Gasteiger partial charge in [-0.05, 0) is 41.1 Å². The van der Waals surface area contributed by atoms with Crippen molar-refractivity contribution in [2.75, 3.05) is 20.1 Å². The number of rotatable bonds is 5. The lowest BCUT2D eigenvalue weighted by Gasteiger charge is -2.26. The largest absolute Gasteiger partial charge is 0.355 e. The van der Waals surface area contributed by atoms with Crippen molar-refractivity contribution in [2.24, 2.45) is 0 Å². The minimum atomic E-state index is -0.108. The third-order valence-corrected chi connectivity index (χ3v) is 5.21. The van der Waals surface area contributed by atoms with Gasteiger partial charge >= 0.3 is 0 Å². The fourth-order valence-corrected chi connectivity index (χ4v) is 3.71. The smallest absolute Gasteiger partial charge is 0.251 e. The monoisotopic (exact) mass is 343 g/mol. The number of benzene rings is 1. The van der Waals surface area contributed by atoms with E-state index in [2.05, 4.69) is 27.0 Å². The van der Waals surface area contributed by atoms with Crippen LogP contribution in [0.1, 0.15) is 26.4 Å². The van der Waals surface area contributed by atoms with Crippen molar-refractivity contribution in [3.63, 3.8) is 0 Å². The Morgan fingerprint density at radius 1 is 1.21 bits per heavy atom. The molecule has 0 aliphatic carbocycles. The summed E-state index contributed by atoms with van der Waals surface area (Å²) in [4.78, 5) is 27.3. The number of carbonyl (C=O) groups is 2. The van der Waals surface area contributed by atoms with E-state index in [1.54, 1.807) is 30.5 Å². The van der Waals surface area contributed by atoms with Crippen molar-refractivity contribution < 1.29 is 9.59 Å². The maximum absolute atomic E-state index is 12.1. The highest BCUT2D eigenvalue weighted by Crippen LogP contribution is 2.23. The number of thiophene rings is 1. The second-order valence-corrected chi connectivity index (χ2v) is 6.88. The molecule has 0 atom stereocenters. The van der Waals surface area contributed by atoms with Gasteiger partial charge in [-0.25, -0.2) is 0 Å². The molecule has 2 N–H and O–H groups in total. The van der Waals surface area contributed by atoms with E-state index < -0.39 is 0 Å². The first-order chi connectivity index (χ1) is 11.7. The fourth-order valence-electron chi connectivity index (χ4n) is 2.82. The quantitative estimate of drug-likeness (QED) is 0.870. The van der Waals surface area contributed by atoms with Gasteiger partial charge in [-0.1, -0.05) is 12.1 Å². The van der Waals surface area contributed by atoms with Gasteiger partial charge in [0.1, 0.15) is 0 Å². The molecule has 1 aliphatic rings. The predicted octanol–water partition coefficient (Wildman–Crippen LogP) is 1.78. The molecule has 0 radical (unpaired) electrons. The molecule has 0 unspecified atom stereocenters. The Bertz CT molecular complexity index is 724. The lowest BCUT2D eigenvalue weighted by molar-refractivity contribution is -0.122. The molecule has 2 aromatic rings. The Morgan fingerprint density at radius 2 is 2.00 bits per heavy atom. The van der Waals surface area contributed by atoms with E-state index in [0.29, 0.717) is 18.7 Å². The molecule has 0 fully saturated rings. The van der Waals surface area contributed by atoms with E-state index in [0.717, 1.165) is 25.1 Å². The summed E-state index contributed by atoms with van der Waals surface area (Å²) in [5.74, 6) is -0.0764. The second kappa shape index (κ2) is 7.59. The molecular weight excluding hydrogens is 322 g/mol. The van der Waals surface area contributed by atoms with Crippen LogP contribution < -0.4 is 10.6 Å². The van der Waals surface area contributed by atoms with Gasteiger partial charge in [0.2, 0.25) is 5.91 Å². The lowest BCUT2D eigenvalue weighted by Crippen LogP contribution is -2.39. The maximum Gasteiger partial charge on any atom is 0.251 e. The Hall–Kier alpha value is -2.18. The van der Waals surface area contributed by atoms with Crippen LogP contribution in [0, 0.1) is 0 Å². The van der Waals surface area contributed by atoms with Crippen LogP contribution in [0.15, 0.2) is 35.7 Å². The lowest BCUT2D eigenvalue weighted by atomic mass is 10.1. The minimum Gasteiger partial charge on any atom is -0.355 e. The Kier molecular flexibility index (Phi) is 5.27. The molecule has 2 heterocycles. The first-order valence-electron chi connectivity index (χ1n) is 8.01. The highest BCUT2D eigenvalue weighted by Gasteiger charge is 2.19. The first kappa shape index (κ1) is 16.7. The Balaban J connectivity index is 1.47. The average Bonchev–Trinajstić information content (AvgIpc) is 3.07. The molecule has 3 rings (SSSR count). The van der Waals surface area contributed by atoms with E-state index in [1.165, 1.54) is 10.4 Å². The summed E-state index contributed by atoms with van der Waals surface area (Å²) in [7, 11) is 1.61. The summed E-state index contributed by atoms with van der Waals surface area (Å²) >= 11 is 1.80. The zero-order chi connectivity index (χ0) is 16.9. The molecule has 126 valence electrons. The zero-order valence-electron chi connectivity index (χ0n) is 13.7. The van der Waals surface area contributed by atoms with E-state index >= 15 is 0 Å². The van der Waals surface area contributed by atoms with Gasteiger partial charge in [0.25, 0.3) is 5.91 Å². The summed E-state index contributed by atoms with van der Waals surface area (Å²) in [5.41, 5.74) is 2.95. The first-order valence-corrected chi connectivity index (χ1v) is 8.89. The van der Waals surface area contributed by atoms with E-state index in [1.807, 2.05) is 12.1 Å². The number of nitrogens with zero attached hydrogens (tertiary/aromatic N) is 1. The molecule has 1 aromatic heterocycles. The zero-order valence-corrected chi connectivity index (χ0v) is 14.5. The van der Waals surface area contributed by atoms with Gasteiger partial charge in [0, 0.05) is 37.1 Å². The second-order valence-electron chi connectivity index (χ2n) is 5.88.